The Morgan fingerprint density at radius 1 is 1.27 bits per heavy atom. The number of imidazole rings is 1. The molecule has 10 heteroatoms. The first-order valence-corrected chi connectivity index (χ1v) is 10.8. The number of benzene rings is 2. The maximum atomic E-state index is 12.7. The molecular formula is C23H25N5O5. The van der Waals surface area contributed by atoms with Gasteiger partial charge in [-0.15, -0.1) is 0 Å². The van der Waals surface area contributed by atoms with Gasteiger partial charge in [0.05, 0.1) is 33.6 Å². The van der Waals surface area contributed by atoms with Crippen LogP contribution in [0.25, 0.3) is 22.1 Å². The van der Waals surface area contributed by atoms with Crippen LogP contribution in [0.4, 0.5) is 5.69 Å². The smallest absolute Gasteiger partial charge is 0.407 e. The van der Waals surface area contributed by atoms with Crippen molar-refractivity contribution in [1.29, 1.82) is 0 Å². The number of carbonyl (C=O) groups excluding carboxylic acids is 1. The summed E-state index contributed by atoms with van der Waals surface area (Å²) in [6.07, 6.45) is 1.35. The molecule has 0 aliphatic carbocycles. The van der Waals surface area contributed by atoms with E-state index in [1.165, 1.54) is 22.8 Å². The summed E-state index contributed by atoms with van der Waals surface area (Å²) in [4.78, 5) is 43.2. The van der Waals surface area contributed by atoms with Crippen molar-refractivity contribution in [2.24, 2.45) is 5.92 Å². The summed E-state index contributed by atoms with van der Waals surface area (Å²) in [5, 5.41) is 14.0. The van der Waals surface area contributed by atoms with Gasteiger partial charge in [0.2, 0.25) is 5.91 Å². The number of carbonyl (C=O) groups is 1. The van der Waals surface area contributed by atoms with Gasteiger partial charge in [0, 0.05) is 19.0 Å². The number of nitro benzene ring substituents is 1. The maximum absolute atomic E-state index is 12.7. The number of aromatic nitrogens is 3. The van der Waals surface area contributed by atoms with Crippen LogP contribution in [0.1, 0.15) is 45.0 Å². The van der Waals surface area contributed by atoms with E-state index < -0.39 is 10.7 Å². The Hall–Kier alpha value is -3.95. The first-order chi connectivity index (χ1) is 15.8. The quantitative estimate of drug-likeness (QED) is 0.291. The van der Waals surface area contributed by atoms with E-state index in [2.05, 4.69) is 29.1 Å². The fourth-order valence-electron chi connectivity index (χ4n) is 3.89. The Labute approximate surface area is 188 Å². The van der Waals surface area contributed by atoms with Crippen LogP contribution in [-0.4, -0.2) is 25.4 Å². The lowest BCUT2D eigenvalue weighted by Crippen LogP contribution is -2.30. The van der Waals surface area contributed by atoms with Crippen molar-refractivity contribution in [3.05, 3.63) is 69.0 Å². The van der Waals surface area contributed by atoms with Crippen LogP contribution in [0, 0.1) is 16.0 Å². The van der Waals surface area contributed by atoms with Gasteiger partial charge in [-0.3, -0.25) is 19.5 Å². The zero-order chi connectivity index (χ0) is 23.5. The van der Waals surface area contributed by atoms with Crippen molar-refractivity contribution in [2.75, 3.05) is 0 Å². The van der Waals surface area contributed by atoms with Gasteiger partial charge in [0.15, 0.2) is 5.58 Å². The van der Waals surface area contributed by atoms with Gasteiger partial charge in [-0.05, 0) is 37.0 Å². The van der Waals surface area contributed by atoms with E-state index in [-0.39, 0.29) is 36.2 Å². The summed E-state index contributed by atoms with van der Waals surface area (Å²) in [5.41, 5.74) is 2.24. The second-order valence-corrected chi connectivity index (χ2v) is 8.42. The highest BCUT2D eigenvalue weighted by Gasteiger charge is 2.20. The average Bonchev–Trinajstić information content (AvgIpc) is 3.33. The van der Waals surface area contributed by atoms with E-state index in [9.17, 15) is 19.7 Å². The molecule has 1 unspecified atom stereocenters. The highest BCUT2D eigenvalue weighted by molar-refractivity contribution is 5.78. The molecule has 1 atom stereocenters. The number of aromatic amines is 1. The van der Waals surface area contributed by atoms with E-state index in [4.69, 9.17) is 4.42 Å². The van der Waals surface area contributed by atoms with Gasteiger partial charge in [-0.2, -0.15) is 0 Å². The number of fused-ring (bicyclic) bond motifs is 2. The van der Waals surface area contributed by atoms with Crippen molar-refractivity contribution >= 4 is 33.7 Å². The van der Waals surface area contributed by atoms with Gasteiger partial charge >= 0.3 is 5.76 Å². The molecule has 10 nitrogen and oxygen atoms in total. The molecule has 2 N–H and O–H groups in total. The Kier molecular flexibility index (Phi) is 6.25. The third-order valence-corrected chi connectivity index (χ3v) is 5.43. The molecule has 172 valence electrons. The first kappa shape index (κ1) is 22.3. The van der Waals surface area contributed by atoms with Gasteiger partial charge in [-0.25, -0.2) is 9.78 Å². The molecule has 0 fully saturated rings. The number of hydrogen-bond acceptors (Lipinski definition) is 6. The lowest BCUT2D eigenvalue weighted by Gasteiger charge is -2.18. The van der Waals surface area contributed by atoms with Gasteiger partial charge in [-0.1, -0.05) is 26.0 Å². The van der Waals surface area contributed by atoms with E-state index in [0.29, 0.717) is 17.9 Å². The lowest BCUT2D eigenvalue weighted by atomic mass is 10.0. The summed E-state index contributed by atoms with van der Waals surface area (Å²) in [6, 6.07) is 11.5. The Morgan fingerprint density at radius 3 is 2.79 bits per heavy atom. The van der Waals surface area contributed by atoms with Crippen molar-refractivity contribution in [2.45, 2.75) is 45.7 Å². The monoisotopic (exact) mass is 451 g/mol. The topological polar surface area (TPSA) is 136 Å². The van der Waals surface area contributed by atoms with Crippen LogP contribution in [0.15, 0.2) is 51.7 Å². The number of rotatable bonds is 9. The molecule has 0 radical (unpaired) electrons. The molecule has 0 saturated heterocycles. The molecule has 2 heterocycles. The second kappa shape index (κ2) is 9.27. The standard InChI is InChI=1S/C23H25N5O5/c1-14(2)12-18(22-25-16-6-3-4-7-17(16)26-22)24-21(29)8-5-11-27-19-10-9-15(28(31)32)13-20(19)33-23(27)30/h3-4,6-7,9-10,13-14,18H,5,8,11-12H2,1-2H3,(H,24,29)(H,25,26). The van der Waals surface area contributed by atoms with E-state index in [1.54, 1.807) is 0 Å². The molecule has 0 bridgehead atoms. The van der Waals surface area contributed by atoms with Gasteiger partial charge in [0.1, 0.15) is 5.82 Å². The number of hydrogen-bond donors (Lipinski definition) is 2. The minimum atomic E-state index is -0.606. The van der Waals surface area contributed by atoms with Crippen molar-refractivity contribution < 1.29 is 14.1 Å². The van der Waals surface area contributed by atoms with Crippen molar-refractivity contribution in [3.63, 3.8) is 0 Å². The average molecular weight is 451 g/mol. The third-order valence-electron chi connectivity index (χ3n) is 5.43. The zero-order valence-corrected chi connectivity index (χ0v) is 18.4. The highest BCUT2D eigenvalue weighted by Crippen LogP contribution is 2.23. The van der Waals surface area contributed by atoms with Crippen LogP contribution in [-0.2, 0) is 11.3 Å². The van der Waals surface area contributed by atoms with E-state index in [1.807, 2.05) is 24.3 Å². The molecule has 2 aromatic heterocycles. The molecule has 4 aromatic rings. The number of oxazole rings is 1. The Bertz CT molecular complexity index is 1330. The summed E-state index contributed by atoms with van der Waals surface area (Å²) in [5.74, 6) is 0.323. The fraction of sp³-hybridized carbons (Fsp3) is 0.348. The number of aryl methyl sites for hydroxylation is 1. The summed E-state index contributed by atoms with van der Waals surface area (Å²) >= 11 is 0. The van der Waals surface area contributed by atoms with E-state index in [0.717, 1.165) is 23.3 Å². The number of nitro groups is 1. The van der Waals surface area contributed by atoms with Crippen LogP contribution < -0.4 is 11.1 Å². The highest BCUT2D eigenvalue weighted by atomic mass is 16.6. The molecular weight excluding hydrogens is 426 g/mol. The zero-order valence-electron chi connectivity index (χ0n) is 18.4. The van der Waals surface area contributed by atoms with Crippen LogP contribution in [0.5, 0.6) is 0 Å². The largest absolute Gasteiger partial charge is 0.419 e. The molecule has 0 spiro atoms. The number of H-pyrrole nitrogens is 1. The summed E-state index contributed by atoms with van der Waals surface area (Å²) < 4.78 is 6.52. The Balaban J connectivity index is 1.42. The SMILES string of the molecule is CC(C)CC(NC(=O)CCCn1c(=O)oc2cc([N+](=O)[O-])ccc21)c1nc2ccccc2[nH]1. The number of amides is 1. The molecule has 2 aromatic carbocycles. The lowest BCUT2D eigenvalue weighted by molar-refractivity contribution is -0.384. The molecule has 4 rings (SSSR count). The minimum Gasteiger partial charge on any atom is -0.407 e. The molecule has 33 heavy (non-hydrogen) atoms. The predicted molar refractivity (Wildman–Crippen MR) is 123 cm³/mol. The number of non-ortho nitro benzene ring substituents is 1. The third kappa shape index (κ3) is 4.94. The van der Waals surface area contributed by atoms with Crippen molar-refractivity contribution in [3.8, 4) is 0 Å². The number of nitrogens with one attached hydrogen (secondary N) is 2. The summed E-state index contributed by atoms with van der Waals surface area (Å²) in [6.45, 7) is 4.43. The predicted octanol–water partition coefficient (Wildman–Crippen LogP) is 4.06. The van der Waals surface area contributed by atoms with Crippen LogP contribution >= 0.6 is 0 Å². The van der Waals surface area contributed by atoms with E-state index >= 15 is 0 Å². The van der Waals surface area contributed by atoms with Crippen LogP contribution in [0.3, 0.4) is 0 Å². The fourth-order valence-corrected chi connectivity index (χ4v) is 3.89. The number of nitrogens with zero attached hydrogens (tertiary/aromatic N) is 3. The summed E-state index contributed by atoms with van der Waals surface area (Å²) in [7, 11) is 0. The van der Waals surface area contributed by atoms with Gasteiger partial charge < -0.3 is 14.7 Å². The first-order valence-electron chi connectivity index (χ1n) is 10.8. The maximum Gasteiger partial charge on any atom is 0.419 e. The molecule has 0 aliphatic rings. The van der Waals surface area contributed by atoms with Crippen molar-refractivity contribution in [1.82, 2.24) is 19.9 Å². The van der Waals surface area contributed by atoms with Crippen LogP contribution in [0.2, 0.25) is 0 Å². The molecule has 0 aliphatic heterocycles. The molecule has 1 amide bonds. The molecule has 0 saturated carbocycles. The number of para-hydroxylation sites is 2. The van der Waals surface area contributed by atoms with Gasteiger partial charge in [0.25, 0.3) is 5.69 Å². The Morgan fingerprint density at radius 2 is 2.06 bits per heavy atom. The normalized spacial score (nSPS) is 12.5. The second-order valence-electron chi connectivity index (χ2n) is 8.42. The minimum absolute atomic E-state index is 0.141.